The van der Waals surface area contributed by atoms with E-state index in [0.717, 1.165) is 22.6 Å². The first-order valence-electron chi connectivity index (χ1n) is 9.60. The minimum Gasteiger partial charge on any atom is -0.497 e. The number of nitrogens with zero attached hydrogens (tertiary/aromatic N) is 1. The van der Waals surface area contributed by atoms with Crippen LogP contribution in [0, 0.1) is 0 Å². The van der Waals surface area contributed by atoms with Gasteiger partial charge in [0.2, 0.25) is 0 Å². The number of pyridine rings is 1. The Balaban J connectivity index is 1.63. The highest BCUT2D eigenvalue weighted by molar-refractivity contribution is 6.04. The van der Waals surface area contributed by atoms with E-state index in [1.54, 1.807) is 19.4 Å². The number of anilines is 2. The molecule has 1 amide bonds. The molecular formula is C24H27N3O2. The van der Waals surface area contributed by atoms with E-state index in [0.29, 0.717) is 17.9 Å². The van der Waals surface area contributed by atoms with E-state index in [1.165, 1.54) is 0 Å². The van der Waals surface area contributed by atoms with Crippen molar-refractivity contribution in [2.24, 2.45) is 0 Å². The summed E-state index contributed by atoms with van der Waals surface area (Å²) < 4.78 is 5.17. The highest BCUT2D eigenvalue weighted by atomic mass is 16.5. The van der Waals surface area contributed by atoms with Gasteiger partial charge < -0.3 is 15.4 Å². The van der Waals surface area contributed by atoms with Crippen LogP contribution in [0.5, 0.6) is 5.75 Å². The highest BCUT2D eigenvalue weighted by Gasteiger charge is 2.19. The van der Waals surface area contributed by atoms with Crippen molar-refractivity contribution in [1.29, 1.82) is 0 Å². The summed E-state index contributed by atoms with van der Waals surface area (Å²) in [5.74, 6) is 1.37. The van der Waals surface area contributed by atoms with Gasteiger partial charge in [-0.1, -0.05) is 51.1 Å². The number of amides is 1. The molecule has 0 bridgehead atoms. The van der Waals surface area contributed by atoms with E-state index in [-0.39, 0.29) is 11.3 Å². The van der Waals surface area contributed by atoms with Crippen molar-refractivity contribution in [1.82, 2.24) is 4.98 Å². The molecule has 3 aromatic rings. The summed E-state index contributed by atoms with van der Waals surface area (Å²) >= 11 is 0. The fourth-order valence-corrected chi connectivity index (χ4v) is 3.01. The smallest absolute Gasteiger partial charge is 0.257 e. The molecule has 2 N–H and O–H groups in total. The minimum absolute atomic E-state index is 0.0582. The van der Waals surface area contributed by atoms with Gasteiger partial charge in [-0.25, -0.2) is 4.98 Å². The van der Waals surface area contributed by atoms with Crippen LogP contribution in [-0.2, 0) is 12.0 Å². The van der Waals surface area contributed by atoms with Gasteiger partial charge in [0.05, 0.1) is 12.7 Å². The van der Waals surface area contributed by atoms with Crippen LogP contribution in [0.15, 0.2) is 66.9 Å². The minimum atomic E-state index is -0.170. The second kappa shape index (κ2) is 8.78. The highest BCUT2D eigenvalue weighted by Crippen LogP contribution is 2.29. The maximum Gasteiger partial charge on any atom is 0.257 e. The summed E-state index contributed by atoms with van der Waals surface area (Å²) in [6.45, 7) is 7.02. The van der Waals surface area contributed by atoms with E-state index in [1.807, 2.05) is 54.6 Å². The lowest BCUT2D eigenvalue weighted by atomic mass is 9.86. The number of aromatic nitrogens is 1. The average molecular weight is 389 g/mol. The summed E-state index contributed by atoms with van der Waals surface area (Å²) in [6, 6.07) is 19.3. The Morgan fingerprint density at radius 3 is 2.34 bits per heavy atom. The number of hydrogen-bond donors (Lipinski definition) is 2. The lowest BCUT2D eigenvalue weighted by Gasteiger charge is -2.23. The Morgan fingerprint density at radius 1 is 1.00 bits per heavy atom. The van der Waals surface area contributed by atoms with Crippen molar-refractivity contribution >= 4 is 17.4 Å². The molecule has 0 atom stereocenters. The van der Waals surface area contributed by atoms with Crippen molar-refractivity contribution in [2.75, 3.05) is 17.7 Å². The average Bonchev–Trinajstić information content (AvgIpc) is 2.72. The topological polar surface area (TPSA) is 63.2 Å². The first kappa shape index (κ1) is 20.4. The number of rotatable bonds is 6. The van der Waals surface area contributed by atoms with Crippen LogP contribution < -0.4 is 15.4 Å². The van der Waals surface area contributed by atoms with Gasteiger partial charge >= 0.3 is 0 Å². The van der Waals surface area contributed by atoms with Gasteiger partial charge in [0, 0.05) is 18.4 Å². The Hall–Kier alpha value is -3.34. The molecule has 29 heavy (non-hydrogen) atoms. The van der Waals surface area contributed by atoms with Crippen LogP contribution >= 0.6 is 0 Å². The second-order valence-electron chi connectivity index (χ2n) is 7.88. The molecule has 0 aliphatic rings. The van der Waals surface area contributed by atoms with Crippen LogP contribution in [0.3, 0.4) is 0 Å². The molecule has 0 fully saturated rings. The molecule has 0 aliphatic heterocycles. The molecule has 3 rings (SSSR count). The zero-order chi connectivity index (χ0) is 20.9. The van der Waals surface area contributed by atoms with Gasteiger partial charge in [0.15, 0.2) is 0 Å². The molecule has 0 saturated heterocycles. The van der Waals surface area contributed by atoms with Crippen LogP contribution in [-0.4, -0.2) is 18.0 Å². The second-order valence-corrected chi connectivity index (χ2v) is 7.88. The normalized spacial score (nSPS) is 11.0. The molecule has 5 heteroatoms. The molecule has 2 aromatic carbocycles. The maximum absolute atomic E-state index is 12.7. The molecule has 0 saturated carbocycles. The van der Waals surface area contributed by atoms with Gasteiger partial charge in [-0.05, 0) is 46.9 Å². The predicted octanol–water partition coefficient (Wildman–Crippen LogP) is 5.25. The summed E-state index contributed by atoms with van der Waals surface area (Å²) in [7, 11) is 1.65. The van der Waals surface area contributed by atoms with Gasteiger partial charge in [0.25, 0.3) is 5.91 Å². The maximum atomic E-state index is 12.7. The number of methoxy groups -OCH3 is 1. The molecule has 0 spiro atoms. The fraction of sp³-hybridized carbons (Fsp3) is 0.250. The van der Waals surface area contributed by atoms with E-state index in [4.69, 9.17) is 4.74 Å². The first-order chi connectivity index (χ1) is 13.9. The lowest BCUT2D eigenvalue weighted by Crippen LogP contribution is -2.18. The molecule has 1 aromatic heterocycles. The number of benzene rings is 2. The van der Waals surface area contributed by atoms with Crippen molar-refractivity contribution < 1.29 is 9.53 Å². The largest absolute Gasteiger partial charge is 0.497 e. The summed E-state index contributed by atoms with van der Waals surface area (Å²) in [5, 5.41) is 6.27. The number of hydrogen-bond acceptors (Lipinski definition) is 4. The zero-order valence-electron chi connectivity index (χ0n) is 17.3. The predicted molar refractivity (Wildman–Crippen MR) is 118 cm³/mol. The molecule has 0 aliphatic carbocycles. The lowest BCUT2D eigenvalue weighted by molar-refractivity contribution is 0.102. The molecular weight excluding hydrogens is 362 g/mol. The van der Waals surface area contributed by atoms with E-state index < -0.39 is 0 Å². The Labute approximate surface area is 172 Å². The van der Waals surface area contributed by atoms with Crippen molar-refractivity contribution in [2.45, 2.75) is 32.7 Å². The Bertz CT molecular complexity index is 959. The molecule has 0 radical (unpaired) electrons. The Morgan fingerprint density at radius 2 is 1.72 bits per heavy atom. The van der Waals surface area contributed by atoms with E-state index in [2.05, 4.69) is 36.4 Å². The standard InChI is InChI=1S/C24H27N3O2/c1-24(2,3)20-7-5-6-8-21(20)27-23(28)18-11-14-22(26-16-18)25-15-17-9-12-19(29-4)13-10-17/h5-14,16H,15H2,1-4H3,(H,25,26)(H,27,28). The number of carbonyl (C=O) groups is 1. The van der Waals surface area contributed by atoms with E-state index >= 15 is 0 Å². The SMILES string of the molecule is COc1ccc(CNc2ccc(C(=O)Nc3ccccc3C(C)(C)C)cn2)cc1. The van der Waals surface area contributed by atoms with Crippen LogP contribution in [0.25, 0.3) is 0 Å². The molecule has 150 valence electrons. The van der Waals surface area contributed by atoms with Crippen molar-refractivity contribution in [3.05, 3.63) is 83.6 Å². The quantitative estimate of drug-likeness (QED) is 0.604. The number of para-hydroxylation sites is 1. The monoisotopic (exact) mass is 389 g/mol. The molecule has 5 nitrogen and oxygen atoms in total. The van der Waals surface area contributed by atoms with Crippen molar-refractivity contribution in [3.8, 4) is 5.75 Å². The first-order valence-corrected chi connectivity index (χ1v) is 9.60. The summed E-state index contributed by atoms with van der Waals surface area (Å²) in [6.07, 6.45) is 1.59. The third-order valence-corrected chi connectivity index (χ3v) is 4.64. The third-order valence-electron chi connectivity index (χ3n) is 4.64. The van der Waals surface area contributed by atoms with Gasteiger partial charge in [0.1, 0.15) is 11.6 Å². The van der Waals surface area contributed by atoms with E-state index in [9.17, 15) is 4.79 Å². The zero-order valence-corrected chi connectivity index (χ0v) is 17.3. The summed E-state index contributed by atoms with van der Waals surface area (Å²) in [5.41, 5.74) is 3.50. The number of ether oxygens (including phenoxy) is 1. The number of carbonyl (C=O) groups excluding carboxylic acids is 1. The van der Waals surface area contributed by atoms with Crippen LogP contribution in [0.4, 0.5) is 11.5 Å². The van der Waals surface area contributed by atoms with Gasteiger partial charge in [-0.15, -0.1) is 0 Å². The fourth-order valence-electron chi connectivity index (χ4n) is 3.01. The van der Waals surface area contributed by atoms with Crippen molar-refractivity contribution in [3.63, 3.8) is 0 Å². The van der Waals surface area contributed by atoms with Gasteiger partial charge in [-0.3, -0.25) is 4.79 Å². The molecule has 0 unspecified atom stereocenters. The Kier molecular flexibility index (Phi) is 6.17. The third kappa shape index (κ3) is 5.35. The molecule has 1 heterocycles. The van der Waals surface area contributed by atoms with Crippen LogP contribution in [0.1, 0.15) is 42.3 Å². The summed E-state index contributed by atoms with van der Waals surface area (Å²) in [4.78, 5) is 17.0. The number of nitrogens with one attached hydrogen (secondary N) is 2. The van der Waals surface area contributed by atoms with Crippen LogP contribution in [0.2, 0.25) is 0 Å². The van der Waals surface area contributed by atoms with Gasteiger partial charge in [-0.2, -0.15) is 0 Å².